The van der Waals surface area contributed by atoms with Crippen molar-refractivity contribution < 1.29 is 17.9 Å². The zero-order valence-corrected chi connectivity index (χ0v) is 19.9. The van der Waals surface area contributed by atoms with Gasteiger partial charge >= 0.3 is 0 Å². The molecule has 1 unspecified atom stereocenters. The van der Waals surface area contributed by atoms with E-state index in [1.165, 1.54) is 18.4 Å². The Balaban J connectivity index is 1.61. The summed E-state index contributed by atoms with van der Waals surface area (Å²) in [4.78, 5) is 15.2. The van der Waals surface area contributed by atoms with Crippen molar-refractivity contribution in [3.05, 3.63) is 59.7 Å². The highest BCUT2D eigenvalue weighted by Crippen LogP contribution is 2.24. The molecule has 1 saturated heterocycles. The van der Waals surface area contributed by atoms with Crippen LogP contribution in [-0.4, -0.2) is 51.2 Å². The molecule has 0 bridgehead atoms. The van der Waals surface area contributed by atoms with E-state index in [0.717, 1.165) is 35.8 Å². The Labute approximate surface area is 191 Å². The topological polar surface area (TPSA) is 79.0 Å². The molecule has 1 N–H and O–H groups in total. The van der Waals surface area contributed by atoms with Gasteiger partial charge in [0.25, 0.3) is 0 Å². The average molecular weight is 460 g/mol. The summed E-state index contributed by atoms with van der Waals surface area (Å²) in [6.45, 7) is 7.59. The summed E-state index contributed by atoms with van der Waals surface area (Å²) in [6, 6.07) is 14.0. The van der Waals surface area contributed by atoms with Crippen molar-refractivity contribution in [3.63, 3.8) is 0 Å². The molecule has 1 amide bonds. The molecule has 0 aromatic heterocycles. The van der Waals surface area contributed by atoms with E-state index < -0.39 is 16.1 Å². The summed E-state index contributed by atoms with van der Waals surface area (Å²) in [5, 5.41) is 2.87. The molecule has 0 spiro atoms. The van der Waals surface area contributed by atoms with Crippen molar-refractivity contribution in [1.29, 1.82) is 0 Å². The van der Waals surface area contributed by atoms with Gasteiger partial charge in [-0.3, -0.25) is 14.0 Å². The summed E-state index contributed by atoms with van der Waals surface area (Å²) >= 11 is 0. The maximum absolute atomic E-state index is 12.8. The van der Waals surface area contributed by atoms with Crippen LogP contribution in [0.2, 0.25) is 0 Å². The Morgan fingerprint density at radius 1 is 1.06 bits per heavy atom. The monoisotopic (exact) mass is 459 g/mol. The third-order valence-electron chi connectivity index (χ3n) is 5.59. The summed E-state index contributed by atoms with van der Waals surface area (Å²) in [7, 11) is -3.66. The first-order valence-corrected chi connectivity index (χ1v) is 12.9. The molecule has 3 rings (SSSR count). The van der Waals surface area contributed by atoms with Gasteiger partial charge in [0.15, 0.2) is 0 Å². The van der Waals surface area contributed by atoms with E-state index in [9.17, 15) is 13.2 Å². The molecule has 1 atom stereocenters. The van der Waals surface area contributed by atoms with E-state index in [-0.39, 0.29) is 5.91 Å². The van der Waals surface area contributed by atoms with Crippen LogP contribution in [0.1, 0.15) is 37.8 Å². The lowest BCUT2D eigenvalue weighted by atomic mass is 10.1. The van der Waals surface area contributed by atoms with Crippen LogP contribution in [0.3, 0.4) is 0 Å². The second-order valence-corrected chi connectivity index (χ2v) is 10.0. The van der Waals surface area contributed by atoms with Gasteiger partial charge in [-0.25, -0.2) is 8.42 Å². The lowest BCUT2D eigenvalue weighted by Crippen LogP contribution is -2.47. The molecule has 1 fully saturated rings. The Bertz CT molecular complexity index is 985. The molecule has 7 nitrogen and oxygen atoms in total. The third kappa shape index (κ3) is 6.46. The first-order valence-electron chi connectivity index (χ1n) is 11.1. The molecule has 0 aliphatic carbocycles. The van der Waals surface area contributed by atoms with Gasteiger partial charge in [0.2, 0.25) is 15.9 Å². The smallest absolute Gasteiger partial charge is 0.243 e. The van der Waals surface area contributed by atoms with Crippen LogP contribution in [0.4, 0.5) is 5.69 Å². The Morgan fingerprint density at radius 3 is 2.22 bits per heavy atom. The minimum Gasteiger partial charge on any atom is -0.494 e. The second-order valence-electron chi connectivity index (χ2n) is 8.18. The second kappa shape index (κ2) is 10.8. The summed E-state index contributed by atoms with van der Waals surface area (Å²) in [6.07, 6.45) is 3.64. The molecular weight excluding hydrogens is 426 g/mol. The largest absolute Gasteiger partial charge is 0.494 e. The number of nitrogens with zero attached hydrogens (tertiary/aromatic N) is 2. The molecule has 0 radical (unpaired) electrons. The molecule has 174 valence electrons. The highest BCUT2D eigenvalue weighted by Gasteiger charge is 2.29. The number of hydrogen-bond acceptors (Lipinski definition) is 5. The van der Waals surface area contributed by atoms with Crippen molar-refractivity contribution in [3.8, 4) is 5.75 Å². The number of nitrogens with one attached hydrogen (secondary N) is 1. The molecule has 32 heavy (non-hydrogen) atoms. The highest BCUT2D eigenvalue weighted by atomic mass is 32.2. The van der Waals surface area contributed by atoms with E-state index in [2.05, 4.69) is 22.3 Å². The van der Waals surface area contributed by atoms with Crippen molar-refractivity contribution in [1.82, 2.24) is 10.2 Å². The predicted octanol–water partition coefficient (Wildman–Crippen LogP) is 3.15. The number of hydrogen-bond donors (Lipinski definition) is 1. The van der Waals surface area contributed by atoms with E-state index >= 15 is 0 Å². The molecule has 2 aromatic carbocycles. The van der Waals surface area contributed by atoms with Gasteiger partial charge in [0.05, 0.1) is 18.6 Å². The predicted molar refractivity (Wildman–Crippen MR) is 127 cm³/mol. The first-order chi connectivity index (χ1) is 15.3. The van der Waals surface area contributed by atoms with Gasteiger partial charge in [-0.1, -0.05) is 24.3 Å². The van der Waals surface area contributed by atoms with Gasteiger partial charge in [-0.15, -0.1) is 0 Å². The fourth-order valence-electron chi connectivity index (χ4n) is 3.96. The maximum Gasteiger partial charge on any atom is 0.243 e. The lowest BCUT2D eigenvalue weighted by Gasteiger charge is -2.28. The minimum absolute atomic E-state index is 0.341. The van der Waals surface area contributed by atoms with Crippen molar-refractivity contribution in [2.45, 2.75) is 45.8 Å². The van der Waals surface area contributed by atoms with E-state index in [0.29, 0.717) is 24.6 Å². The number of likely N-dealkylation sites (tertiary alicyclic amines) is 1. The minimum atomic E-state index is -3.66. The standard InChI is InChI=1S/C24H33N3O4S/c1-4-31-23-13-11-22(12-14-23)27(32(3,29)30)19(2)24(28)25-17-20-7-9-21(10-8-20)18-26-15-5-6-16-26/h7-14,19H,4-6,15-18H2,1-3H3,(H,25,28). The number of amides is 1. The van der Waals surface area contributed by atoms with Crippen LogP contribution in [0.5, 0.6) is 5.75 Å². The fourth-order valence-corrected chi connectivity index (χ4v) is 5.14. The van der Waals surface area contributed by atoms with E-state index in [1.54, 1.807) is 31.2 Å². The number of carbonyl (C=O) groups is 1. The Kier molecular flexibility index (Phi) is 8.15. The highest BCUT2D eigenvalue weighted by molar-refractivity contribution is 7.92. The molecule has 2 aromatic rings. The van der Waals surface area contributed by atoms with Crippen LogP contribution in [0.25, 0.3) is 0 Å². The quantitative estimate of drug-likeness (QED) is 0.591. The SMILES string of the molecule is CCOc1ccc(N(C(C)C(=O)NCc2ccc(CN3CCCC3)cc2)S(C)(=O)=O)cc1. The number of ether oxygens (including phenoxy) is 1. The van der Waals surface area contributed by atoms with Gasteiger partial charge in [0.1, 0.15) is 11.8 Å². The average Bonchev–Trinajstić information content (AvgIpc) is 3.26. The normalized spacial score (nSPS) is 15.3. The number of carbonyl (C=O) groups excluding carboxylic acids is 1. The van der Waals surface area contributed by atoms with Gasteiger partial charge in [0, 0.05) is 13.1 Å². The van der Waals surface area contributed by atoms with E-state index in [1.807, 2.05) is 19.1 Å². The number of rotatable bonds is 10. The van der Waals surface area contributed by atoms with Crippen molar-refractivity contribution in [2.75, 3.05) is 30.3 Å². The van der Waals surface area contributed by atoms with Crippen LogP contribution in [0, 0.1) is 0 Å². The zero-order chi connectivity index (χ0) is 23.1. The van der Waals surface area contributed by atoms with Crippen LogP contribution >= 0.6 is 0 Å². The third-order valence-corrected chi connectivity index (χ3v) is 6.83. The van der Waals surface area contributed by atoms with Gasteiger partial charge < -0.3 is 10.1 Å². The van der Waals surface area contributed by atoms with Gasteiger partial charge in [-0.2, -0.15) is 0 Å². The van der Waals surface area contributed by atoms with Gasteiger partial charge in [-0.05, 0) is 75.2 Å². The molecule has 0 saturated carbocycles. The van der Waals surface area contributed by atoms with Crippen LogP contribution in [0.15, 0.2) is 48.5 Å². The number of sulfonamides is 1. The first kappa shape index (κ1) is 24.1. The van der Waals surface area contributed by atoms with Crippen LogP contribution < -0.4 is 14.4 Å². The Morgan fingerprint density at radius 2 is 1.66 bits per heavy atom. The molecule has 1 heterocycles. The number of anilines is 1. The van der Waals surface area contributed by atoms with E-state index in [4.69, 9.17) is 4.74 Å². The zero-order valence-electron chi connectivity index (χ0n) is 19.1. The molecule has 1 aliphatic rings. The van der Waals surface area contributed by atoms with Crippen molar-refractivity contribution >= 4 is 21.6 Å². The van der Waals surface area contributed by atoms with Crippen molar-refractivity contribution in [2.24, 2.45) is 0 Å². The Hall–Kier alpha value is -2.58. The van der Waals surface area contributed by atoms with Crippen LogP contribution in [-0.2, 0) is 27.9 Å². The lowest BCUT2D eigenvalue weighted by molar-refractivity contribution is -0.122. The maximum atomic E-state index is 12.8. The number of benzene rings is 2. The summed E-state index contributed by atoms with van der Waals surface area (Å²) < 4.78 is 31.5. The molecule has 1 aliphatic heterocycles. The molecular formula is C24H33N3O4S. The fraction of sp³-hybridized carbons (Fsp3) is 0.458. The summed E-state index contributed by atoms with van der Waals surface area (Å²) in [5.41, 5.74) is 2.65. The summed E-state index contributed by atoms with van der Waals surface area (Å²) in [5.74, 6) is 0.292. The molecule has 8 heteroatoms.